The van der Waals surface area contributed by atoms with Gasteiger partial charge in [-0.3, -0.25) is 9.80 Å². The second kappa shape index (κ2) is 19.0. The van der Waals surface area contributed by atoms with Gasteiger partial charge in [-0.2, -0.15) is 0 Å². The summed E-state index contributed by atoms with van der Waals surface area (Å²) >= 11 is 0. The van der Waals surface area contributed by atoms with Crippen molar-refractivity contribution in [2.24, 2.45) is 0 Å². The molecule has 2 unspecified atom stereocenters. The molecule has 0 spiro atoms. The molecule has 2 aliphatic heterocycles. The maximum atomic E-state index is 13.5. The van der Waals surface area contributed by atoms with E-state index in [1.54, 1.807) is 24.7 Å². The highest BCUT2D eigenvalue weighted by Gasteiger charge is 2.47. The van der Waals surface area contributed by atoms with Crippen LogP contribution in [0.2, 0.25) is 0 Å². The van der Waals surface area contributed by atoms with Gasteiger partial charge in [-0.25, -0.2) is 9.59 Å². The molecule has 2 aromatic heterocycles. The van der Waals surface area contributed by atoms with E-state index in [1.165, 1.54) is 0 Å². The van der Waals surface area contributed by atoms with Crippen molar-refractivity contribution in [3.63, 3.8) is 0 Å². The number of hydrogen-bond acceptors (Lipinski definition) is 12. The van der Waals surface area contributed by atoms with Crippen LogP contribution in [-0.2, 0) is 32.3 Å². The van der Waals surface area contributed by atoms with E-state index < -0.39 is 24.1 Å². The summed E-state index contributed by atoms with van der Waals surface area (Å²) in [7, 11) is 0. The van der Waals surface area contributed by atoms with E-state index in [1.807, 2.05) is 60.7 Å². The summed E-state index contributed by atoms with van der Waals surface area (Å²) in [6.07, 6.45) is 8.07. The molecule has 6 rings (SSSR count). The van der Waals surface area contributed by atoms with E-state index in [2.05, 4.69) is 65.2 Å². The molecule has 0 aliphatic carbocycles. The monoisotopic (exact) mass is 826 g/mol. The number of rotatable bonds is 20. The van der Waals surface area contributed by atoms with Gasteiger partial charge >= 0.3 is 11.9 Å². The molecule has 4 aromatic rings. The minimum atomic E-state index is -0.685. The number of furan rings is 2. The van der Waals surface area contributed by atoms with Gasteiger partial charge in [-0.1, -0.05) is 24.3 Å². The Kier molecular flexibility index (Phi) is 14.1. The van der Waals surface area contributed by atoms with E-state index in [9.17, 15) is 9.59 Å². The van der Waals surface area contributed by atoms with Crippen LogP contribution in [0.4, 0.5) is 0 Å². The summed E-state index contributed by atoms with van der Waals surface area (Å²) < 4.78 is 47.6. The van der Waals surface area contributed by atoms with E-state index in [-0.39, 0.29) is 48.6 Å². The van der Waals surface area contributed by atoms with Gasteiger partial charge in [0.15, 0.2) is 23.0 Å². The number of ether oxygens (including phenoxy) is 6. The Morgan fingerprint density at radius 3 is 1.18 bits per heavy atom. The van der Waals surface area contributed by atoms with Crippen molar-refractivity contribution < 1.29 is 46.8 Å². The van der Waals surface area contributed by atoms with Crippen LogP contribution in [-0.4, -0.2) is 82.4 Å². The first-order valence-electron chi connectivity index (χ1n) is 20.9. The van der Waals surface area contributed by atoms with E-state index >= 15 is 0 Å². The smallest absolute Gasteiger partial charge is 0.331 e. The number of carbonyl (C=O) groups is 2. The third-order valence-corrected chi connectivity index (χ3v) is 11.8. The number of carbonyl (C=O) groups excluding carboxylic acids is 2. The van der Waals surface area contributed by atoms with Gasteiger partial charge in [-0.15, -0.1) is 0 Å². The van der Waals surface area contributed by atoms with Crippen molar-refractivity contribution in [3.05, 3.63) is 109 Å². The average molecular weight is 827 g/mol. The SMILES string of the molecule is CC1(C)CCC(C)(C)N1CC(COc1ccccc1OCc1ccco1)OC(=O)/C=C/C(=O)OC(COc1ccccc1OCc1ccco1)CN1C(C)(C)CCC1(C)C. The molecule has 60 heavy (non-hydrogen) atoms. The Hall–Kier alpha value is -5.20. The van der Waals surface area contributed by atoms with Gasteiger partial charge in [0.2, 0.25) is 0 Å². The summed E-state index contributed by atoms with van der Waals surface area (Å²) in [5, 5.41) is 0. The number of esters is 2. The molecule has 0 saturated carbocycles. The van der Waals surface area contributed by atoms with Crippen molar-refractivity contribution in [3.8, 4) is 23.0 Å². The maximum Gasteiger partial charge on any atom is 0.331 e. The van der Waals surface area contributed by atoms with Gasteiger partial charge < -0.3 is 37.3 Å². The molecule has 12 nitrogen and oxygen atoms in total. The zero-order chi connectivity index (χ0) is 43.0. The normalized spacial score (nSPS) is 19.1. The van der Waals surface area contributed by atoms with Crippen molar-refractivity contribution in [1.29, 1.82) is 0 Å². The summed E-state index contributed by atoms with van der Waals surface area (Å²) in [5.74, 6) is 2.08. The Bertz CT molecular complexity index is 1840. The standard InChI is InChI=1S/C48H62N2O10/c1-45(2)23-24-46(3,4)49(45)29-37(33-57-41-19-11-9-17-39(41)55-31-35-15-13-27-53-35)59-43(51)21-22-44(52)60-38(30-50-47(5,6)25-26-48(50,7)8)34-58-42-20-12-10-18-40(42)56-32-36-16-14-28-54-36/h9-22,27-28,37-38H,23-26,29-34H2,1-8H3/b22-21+. The lowest BCUT2D eigenvalue weighted by atomic mass is 10.0. The summed E-state index contributed by atoms with van der Waals surface area (Å²) in [5.41, 5.74) is -0.502. The second-order valence-corrected chi connectivity index (χ2v) is 18.2. The molecule has 0 bridgehead atoms. The third-order valence-electron chi connectivity index (χ3n) is 11.8. The van der Waals surface area contributed by atoms with Gasteiger partial charge in [0.1, 0.15) is 50.2 Å². The highest BCUT2D eigenvalue weighted by atomic mass is 16.6. The molecular weight excluding hydrogens is 765 g/mol. The first-order chi connectivity index (χ1) is 28.5. The molecule has 4 heterocycles. The summed E-state index contributed by atoms with van der Waals surface area (Å²) in [6, 6.07) is 22.0. The Labute approximate surface area is 354 Å². The molecule has 2 aromatic carbocycles. The highest BCUT2D eigenvalue weighted by Crippen LogP contribution is 2.42. The van der Waals surface area contributed by atoms with Crippen LogP contribution in [0, 0.1) is 0 Å². The molecule has 2 saturated heterocycles. The Morgan fingerprint density at radius 2 is 0.867 bits per heavy atom. The van der Waals surface area contributed by atoms with E-state index in [0.29, 0.717) is 47.6 Å². The van der Waals surface area contributed by atoms with Crippen molar-refractivity contribution in [1.82, 2.24) is 9.80 Å². The zero-order valence-electron chi connectivity index (χ0n) is 36.4. The van der Waals surface area contributed by atoms with E-state index in [0.717, 1.165) is 37.8 Å². The molecule has 0 N–H and O–H groups in total. The second-order valence-electron chi connectivity index (χ2n) is 18.2. The quantitative estimate of drug-likeness (QED) is 0.0624. The van der Waals surface area contributed by atoms with Gasteiger partial charge in [0.25, 0.3) is 0 Å². The fraction of sp³-hybridized carbons (Fsp3) is 0.500. The van der Waals surface area contributed by atoms with Crippen molar-refractivity contribution in [2.75, 3.05) is 26.3 Å². The van der Waals surface area contributed by atoms with Crippen LogP contribution in [0.1, 0.15) is 92.6 Å². The van der Waals surface area contributed by atoms with Crippen LogP contribution in [0.5, 0.6) is 23.0 Å². The Balaban J connectivity index is 1.13. The average Bonchev–Trinajstić information content (AvgIpc) is 4.01. The number of benzene rings is 2. The third kappa shape index (κ3) is 11.8. The molecule has 2 fully saturated rings. The lowest BCUT2D eigenvalue weighted by molar-refractivity contribution is -0.149. The molecule has 2 atom stereocenters. The topological polar surface area (TPSA) is 122 Å². The van der Waals surface area contributed by atoms with Gasteiger partial charge in [-0.05, 0) is 130 Å². The maximum absolute atomic E-state index is 13.5. The van der Waals surface area contributed by atoms with Crippen molar-refractivity contribution >= 4 is 11.9 Å². The lowest BCUT2D eigenvalue weighted by Crippen LogP contribution is -2.53. The largest absolute Gasteiger partial charge is 0.486 e. The first-order valence-corrected chi connectivity index (χ1v) is 20.9. The van der Waals surface area contributed by atoms with Crippen molar-refractivity contribution in [2.45, 2.75) is 129 Å². The first kappa shape index (κ1) is 44.4. The minimum absolute atomic E-state index is 0.0569. The molecule has 12 heteroatoms. The van der Waals surface area contributed by atoms with E-state index in [4.69, 9.17) is 37.3 Å². The number of para-hydroxylation sites is 4. The lowest BCUT2D eigenvalue weighted by Gasteiger charge is -2.42. The predicted octanol–water partition coefficient (Wildman–Crippen LogP) is 9.17. The summed E-state index contributed by atoms with van der Waals surface area (Å²) in [6.45, 7) is 19.0. The zero-order valence-corrected chi connectivity index (χ0v) is 36.4. The van der Waals surface area contributed by atoms with Gasteiger partial charge in [0, 0.05) is 47.4 Å². The fourth-order valence-electron chi connectivity index (χ4n) is 8.42. The highest BCUT2D eigenvalue weighted by molar-refractivity contribution is 5.91. The number of hydrogen-bond donors (Lipinski definition) is 0. The minimum Gasteiger partial charge on any atom is -0.486 e. The molecule has 0 amide bonds. The van der Waals surface area contributed by atoms with Gasteiger partial charge in [0.05, 0.1) is 12.5 Å². The number of likely N-dealkylation sites (tertiary alicyclic amines) is 2. The molecule has 0 radical (unpaired) electrons. The molecular formula is C48H62N2O10. The molecule has 324 valence electrons. The van der Waals surface area contributed by atoms with Crippen LogP contribution in [0.15, 0.2) is 106 Å². The van der Waals surface area contributed by atoms with Crippen LogP contribution < -0.4 is 18.9 Å². The number of nitrogens with zero attached hydrogens (tertiary/aromatic N) is 2. The Morgan fingerprint density at radius 1 is 0.533 bits per heavy atom. The van der Waals surface area contributed by atoms with Crippen LogP contribution in [0.25, 0.3) is 0 Å². The molecule has 2 aliphatic rings. The fourth-order valence-corrected chi connectivity index (χ4v) is 8.42. The van der Waals surface area contributed by atoms with Crippen LogP contribution in [0.3, 0.4) is 0 Å². The van der Waals surface area contributed by atoms with Crippen LogP contribution >= 0.6 is 0 Å². The predicted molar refractivity (Wildman–Crippen MR) is 227 cm³/mol. The summed E-state index contributed by atoms with van der Waals surface area (Å²) in [4.78, 5) is 31.8.